The fourth-order valence-corrected chi connectivity index (χ4v) is 1.70. The van der Waals surface area contributed by atoms with Crippen molar-refractivity contribution in [3.8, 4) is 11.5 Å². The Balaban J connectivity index is 3.38. The zero-order valence-electron chi connectivity index (χ0n) is 7.31. The third-order valence-corrected chi connectivity index (χ3v) is 2.39. The molecule has 0 aromatic heterocycles. The van der Waals surface area contributed by atoms with Crippen LogP contribution < -0.4 is 14.8 Å². The molecule has 0 saturated heterocycles. The van der Waals surface area contributed by atoms with Gasteiger partial charge >= 0.3 is 7.68 Å². The molecular formula is C8H9O4P. The average molecular weight is 200 g/mol. The molecule has 0 aliphatic heterocycles. The van der Waals surface area contributed by atoms with Crippen molar-refractivity contribution >= 4 is 13.0 Å². The standard InChI is InChI=1S/C8H9O4P/c1-11-6-4-3-5-7(12-2)8(6)13(9)10/h3-5H,1-2H3. The minimum atomic E-state index is -2.70. The van der Waals surface area contributed by atoms with Crippen LogP contribution in [0.3, 0.4) is 0 Å². The maximum absolute atomic E-state index is 10.8. The first-order valence-corrected chi connectivity index (χ1v) is 4.74. The van der Waals surface area contributed by atoms with Crippen LogP contribution in [-0.4, -0.2) is 14.2 Å². The van der Waals surface area contributed by atoms with Gasteiger partial charge < -0.3 is 9.47 Å². The summed E-state index contributed by atoms with van der Waals surface area (Å²) in [6.07, 6.45) is 0. The molecule has 0 aliphatic carbocycles. The summed E-state index contributed by atoms with van der Waals surface area (Å²) in [6.45, 7) is 0. The second-order valence-electron chi connectivity index (χ2n) is 2.27. The molecule has 13 heavy (non-hydrogen) atoms. The third kappa shape index (κ3) is 1.90. The van der Waals surface area contributed by atoms with E-state index in [-0.39, 0.29) is 5.30 Å². The lowest BCUT2D eigenvalue weighted by molar-refractivity contribution is 0.399. The smallest absolute Gasteiger partial charge is 0.356 e. The van der Waals surface area contributed by atoms with Crippen molar-refractivity contribution in [2.45, 2.75) is 0 Å². The van der Waals surface area contributed by atoms with Crippen LogP contribution in [0.15, 0.2) is 18.2 Å². The number of rotatable bonds is 3. The van der Waals surface area contributed by atoms with E-state index >= 15 is 0 Å². The van der Waals surface area contributed by atoms with E-state index in [4.69, 9.17) is 9.47 Å². The molecule has 5 heteroatoms. The number of methoxy groups -OCH3 is 2. The predicted molar refractivity (Wildman–Crippen MR) is 47.5 cm³/mol. The molecule has 1 rings (SSSR count). The van der Waals surface area contributed by atoms with E-state index in [0.717, 1.165) is 0 Å². The molecule has 0 N–H and O–H groups in total. The van der Waals surface area contributed by atoms with Crippen molar-refractivity contribution < 1.29 is 18.6 Å². The molecule has 0 bridgehead atoms. The highest BCUT2D eigenvalue weighted by Crippen LogP contribution is 2.24. The first-order chi connectivity index (χ1) is 6.20. The van der Waals surface area contributed by atoms with E-state index < -0.39 is 7.68 Å². The molecule has 0 spiro atoms. The molecule has 0 aliphatic rings. The fraction of sp³-hybridized carbons (Fsp3) is 0.250. The van der Waals surface area contributed by atoms with Gasteiger partial charge in [-0.15, -0.1) is 0 Å². The summed E-state index contributed by atoms with van der Waals surface area (Å²) >= 11 is 0. The number of ether oxygens (including phenoxy) is 2. The molecule has 0 heterocycles. The Labute approximate surface area is 76.3 Å². The molecule has 0 amide bonds. The molecule has 70 valence electrons. The van der Waals surface area contributed by atoms with Gasteiger partial charge in [-0.3, -0.25) is 0 Å². The fourth-order valence-electron chi connectivity index (χ4n) is 1.01. The van der Waals surface area contributed by atoms with E-state index in [1.54, 1.807) is 18.2 Å². The summed E-state index contributed by atoms with van der Waals surface area (Å²) in [6, 6.07) is 4.81. The SMILES string of the molecule is COc1cccc(OC)c1P(=O)=O. The minimum absolute atomic E-state index is 0.0856. The highest BCUT2D eigenvalue weighted by Gasteiger charge is 2.13. The van der Waals surface area contributed by atoms with Crippen molar-refractivity contribution in [2.24, 2.45) is 0 Å². The van der Waals surface area contributed by atoms with Gasteiger partial charge in [0.2, 0.25) is 0 Å². The van der Waals surface area contributed by atoms with E-state index in [0.29, 0.717) is 11.5 Å². The number of benzene rings is 1. The normalized spacial score (nSPS) is 9.38. The minimum Gasteiger partial charge on any atom is -0.495 e. The second kappa shape index (κ2) is 4.10. The lowest BCUT2D eigenvalue weighted by atomic mass is 10.3. The van der Waals surface area contributed by atoms with E-state index in [2.05, 4.69) is 0 Å². The summed E-state index contributed by atoms with van der Waals surface area (Å²) in [7, 11) is 0.129. The summed E-state index contributed by atoms with van der Waals surface area (Å²) in [5.74, 6) is 0.603. The van der Waals surface area contributed by atoms with Crippen molar-refractivity contribution in [3.63, 3.8) is 0 Å². The lowest BCUT2D eigenvalue weighted by Crippen LogP contribution is -2.04. The molecule has 0 radical (unpaired) electrons. The molecule has 4 nitrogen and oxygen atoms in total. The molecular weight excluding hydrogens is 191 g/mol. The Morgan fingerprint density at radius 3 is 1.85 bits per heavy atom. The van der Waals surface area contributed by atoms with Crippen LogP contribution in [0.2, 0.25) is 0 Å². The average Bonchev–Trinajstić information content (AvgIpc) is 2.16. The van der Waals surface area contributed by atoms with Crippen molar-refractivity contribution in [1.82, 2.24) is 0 Å². The van der Waals surface area contributed by atoms with Crippen LogP contribution in [0, 0.1) is 0 Å². The van der Waals surface area contributed by atoms with Gasteiger partial charge in [-0.05, 0) is 12.1 Å². The van der Waals surface area contributed by atoms with Crippen LogP contribution in [0.1, 0.15) is 0 Å². The highest BCUT2D eigenvalue weighted by molar-refractivity contribution is 7.41. The maximum atomic E-state index is 10.8. The van der Waals surface area contributed by atoms with Gasteiger partial charge in [0.05, 0.1) is 14.2 Å². The third-order valence-electron chi connectivity index (χ3n) is 1.58. The van der Waals surface area contributed by atoms with Crippen molar-refractivity contribution in [2.75, 3.05) is 14.2 Å². The van der Waals surface area contributed by atoms with Crippen molar-refractivity contribution in [3.05, 3.63) is 18.2 Å². The summed E-state index contributed by atoms with van der Waals surface area (Å²) in [5, 5.41) is 0.0856. The van der Waals surface area contributed by atoms with Crippen LogP contribution in [-0.2, 0) is 9.13 Å². The number of hydrogen-bond donors (Lipinski definition) is 0. The predicted octanol–water partition coefficient (Wildman–Crippen LogP) is 1.50. The molecule has 0 unspecified atom stereocenters. The highest BCUT2D eigenvalue weighted by atomic mass is 31.1. The Bertz CT molecular complexity index is 340. The van der Waals surface area contributed by atoms with Gasteiger partial charge in [-0.25, -0.2) is 9.13 Å². The Kier molecular flexibility index (Phi) is 3.09. The zero-order chi connectivity index (χ0) is 9.84. The van der Waals surface area contributed by atoms with Gasteiger partial charge in [-0.1, -0.05) is 6.07 Å². The Hall–Kier alpha value is -1.28. The van der Waals surface area contributed by atoms with Crippen LogP contribution >= 0.6 is 7.68 Å². The molecule has 1 aromatic rings. The van der Waals surface area contributed by atoms with E-state index in [9.17, 15) is 9.13 Å². The monoisotopic (exact) mass is 200 g/mol. The number of hydrogen-bond acceptors (Lipinski definition) is 4. The van der Waals surface area contributed by atoms with Gasteiger partial charge in [0.15, 0.2) is 5.30 Å². The second-order valence-corrected chi connectivity index (χ2v) is 3.23. The zero-order valence-corrected chi connectivity index (χ0v) is 8.21. The van der Waals surface area contributed by atoms with Crippen LogP contribution in [0.4, 0.5) is 0 Å². The lowest BCUT2D eigenvalue weighted by Gasteiger charge is -2.05. The quantitative estimate of drug-likeness (QED) is 0.694. The first kappa shape index (κ1) is 9.81. The van der Waals surface area contributed by atoms with Gasteiger partial charge in [0.25, 0.3) is 0 Å². The summed E-state index contributed by atoms with van der Waals surface area (Å²) < 4.78 is 31.4. The van der Waals surface area contributed by atoms with Crippen molar-refractivity contribution in [1.29, 1.82) is 0 Å². The summed E-state index contributed by atoms with van der Waals surface area (Å²) in [5.41, 5.74) is 0. The van der Waals surface area contributed by atoms with E-state index in [1.807, 2.05) is 0 Å². The van der Waals surface area contributed by atoms with Crippen LogP contribution in [0.25, 0.3) is 0 Å². The van der Waals surface area contributed by atoms with Crippen LogP contribution in [0.5, 0.6) is 11.5 Å². The Morgan fingerprint density at radius 2 is 1.54 bits per heavy atom. The maximum Gasteiger partial charge on any atom is 0.356 e. The molecule has 0 saturated carbocycles. The Morgan fingerprint density at radius 1 is 1.08 bits per heavy atom. The largest absolute Gasteiger partial charge is 0.495 e. The summed E-state index contributed by atoms with van der Waals surface area (Å²) in [4.78, 5) is 0. The topological polar surface area (TPSA) is 52.6 Å². The van der Waals surface area contributed by atoms with E-state index in [1.165, 1.54) is 14.2 Å². The van der Waals surface area contributed by atoms with Gasteiger partial charge in [0, 0.05) is 0 Å². The van der Waals surface area contributed by atoms with Gasteiger partial charge in [-0.2, -0.15) is 0 Å². The molecule has 0 atom stereocenters. The van der Waals surface area contributed by atoms with Gasteiger partial charge in [0.1, 0.15) is 11.5 Å². The first-order valence-electron chi connectivity index (χ1n) is 3.56. The molecule has 0 fully saturated rings. The molecule has 1 aromatic carbocycles.